The fourth-order valence-corrected chi connectivity index (χ4v) is 5.00. The highest BCUT2D eigenvalue weighted by Gasteiger charge is 2.46. The van der Waals surface area contributed by atoms with Gasteiger partial charge in [-0.05, 0) is 41.5 Å². The van der Waals surface area contributed by atoms with Gasteiger partial charge in [-0.3, -0.25) is 0 Å². The fourth-order valence-electron chi connectivity index (χ4n) is 5.00. The Labute approximate surface area is 289 Å². The Morgan fingerprint density at radius 3 is 1.19 bits per heavy atom. The molecule has 0 radical (unpaired) electrons. The van der Waals surface area contributed by atoms with Crippen LogP contribution in [-0.4, -0.2) is 0 Å². The maximum atomic E-state index is 17.3. The second-order valence-corrected chi connectivity index (χ2v) is 8.28. The van der Waals surface area contributed by atoms with Crippen LogP contribution >= 0.6 is 0 Å². The van der Waals surface area contributed by atoms with Crippen LogP contribution in [0.4, 0.5) is 21.5 Å². The van der Waals surface area contributed by atoms with Crippen molar-refractivity contribution in [2.75, 3.05) is 4.90 Å². The third-order valence-corrected chi connectivity index (χ3v) is 6.42. The SMILES string of the molecule is CC.CC.CC.CC.CC.CC.CC.FC1(c2ccccc2)c2ccccc2-c2c(N(c3ccccc3)c3ccccc3)cccc21. The maximum Gasteiger partial charge on any atom is 0.187 e. The van der Waals surface area contributed by atoms with E-state index in [2.05, 4.69) is 35.2 Å². The number of para-hydroxylation sites is 2. The van der Waals surface area contributed by atoms with Gasteiger partial charge in [0.05, 0.1) is 5.69 Å². The molecule has 1 atom stereocenters. The smallest absolute Gasteiger partial charge is 0.187 e. The molecule has 0 saturated heterocycles. The molecular weight excluding hydrogens is 574 g/mol. The van der Waals surface area contributed by atoms with Gasteiger partial charge in [0.15, 0.2) is 5.67 Å². The monoisotopic (exact) mass is 638 g/mol. The van der Waals surface area contributed by atoms with Crippen LogP contribution in [0, 0.1) is 0 Å². The first-order valence-corrected chi connectivity index (χ1v) is 18.2. The first kappa shape index (κ1) is 45.0. The predicted octanol–water partition coefficient (Wildman–Crippen LogP) is 15.6. The molecule has 0 amide bonds. The quantitative estimate of drug-likeness (QED) is 0.189. The van der Waals surface area contributed by atoms with E-state index in [1.807, 2.05) is 200 Å². The van der Waals surface area contributed by atoms with Crippen LogP contribution in [0.15, 0.2) is 133 Å². The minimum atomic E-state index is -1.71. The van der Waals surface area contributed by atoms with Gasteiger partial charge in [0.25, 0.3) is 0 Å². The molecule has 0 aromatic heterocycles. The average Bonchev–Trinajstić information content (AvgIpc) is 3.48. The minimum Gasteiger partial charge on any atom is -0.310 e. The van der Waals surface area contributed by atoms with Crippen LogP contribution in [-0.2, 0) is 5.67 Å². The van der Waals surface area contributed by atoms with Crippen molar-refractivity contribution < 1.29 is 4.39 Å². The third kappa shape index (κ3) is 10.7. The lowest BCUT2D eigenvalue weighted by molar-refractivity contribution is 0.288. The van der Waals surface area contributed by atoms with E-state index >= 15 is 4.39 Å². The van der Waals surface area contributed by atoms with Crippen molar-refractivity contribution in [3.8, 4) is 11.1 Å². The maximum absolute atomic E-state index is 17.3. The molecule has 2 heteroatoms. The van der Waals surface area contributed by atoms with Crippen molar-refractivity contribution in [2.24, 2.45) is 0 Å². The molecule has 0 N–H and O–H groups in total. The van der Waals surface area contributed by atoms with E-state index in [9.17, 15) is 0 Å². The number of nitrogens with zero attached hydrogens (tertiary/aromatic N) is 1. The normalized spacial score (nSPS) is 12.2. The molecule has 0 spiro atoms. The predicted molar refractivity (Wildman–Crippen MR) is 213 cm³/mol. The van der Waals surface area contributed by atoms with Crippen molar-refractivity contribution in [3.63, 3.8) is 0 Å². The zero-order valence-corrected chi connectivity index (χ0v) is 32.0. The molecule has 5 aromatic rings. The van der Waals surface area contributed by atoms with Crippen LogP contribution in [0.5, 0.6) is 0 Å². The summed E-state index contributed by atoms with van der Waals surface area (Å²) in [6.07, 6.45) is 0. The first-order valence-electron chi connectivity index (χ1n) is 18.2. The highest BCUT2D eigenvalue weighted by atomic mass is 19.1. The van der Waals surface area contributed by atoms with E-state index in [1.54, 1.807) is 0 Å². The van der Waals surface area contributed by atoms with Gasteiger partial charge in [0.2, 0.25) is 0 Å². The Morgan fingerprint density at radius 2 is 0.745 bits per heavy atom. The van der Waals surface area contributed by atoms with Gasteiger partial charge in [0, 0.05) is 28.1 Å². The lowest BCUT2D eigenvalue weighted by atomic mass is 9.86. The standard InChI is InChI=1S/C31H22FN.7C2H6/c32-31(23-13-4-1-5-14-23)27-20-11-10-19-26(27)30-28(31)21-12-22-29(30)33(24-15-6-2-7-16-24)25-17-8-3-9-18-25;7*1-2/h1-22H;7*1-2H3. The largest absolute Gasteiger partial charge is 0.310 e. The van der Waals surface area contributed by atoms with Crippen molar-refractivity contribution in [1.82, 2.24) is 0 Å². The van der Waals surface area contributed by atoms with Gasteiger partial charge in [0.1, 0.15) is 0 Å². The average molecular weight is 638 g/mol. The molecule has 47 heavy (non-hydrogen) atoms. The molecule has 1 unspecified atom stereocenters. The second-order valence-electron chi connectivity index (χ2n) is 8.28. The summed E-state index contributed by atoms with van der Waals surface area (Å²) in [5.41, 5.74) is 5.23. The number of fused-ring (bicyclic) bond motifs is 3. The Morgan fingerprint density at radius 1 is 0.383 bits per heavy atom. The lowest BCUT2D eigenvalue weighted by Crippen LogP contribution is -2.20. The van der Waals surface area contributed by atoms with Crippen molar-refractivity contribution in [3.05, 3.63) is 150 Å². The van der Waals surface area contributed by atoms with Gasteiger partial charge >= 0.3 is 0 Å². The summed E-state index contributed by atoms with van der Waals surface area (Å²) in [6.45, 7) is 28.0. The molecule has 0 bridgehead atoms. The molecule has 1 aliphatic rings. The summed E-state index contributed by atoms with van der Waals surface area (Å²) >= 11 is 0. The number of halogens is 1. The van der Waals surface area contributed by atoms with E-state index in [1.165, 1.54) is 0 Å². The Balaban J connectivity index is 0. The summed E-state index contributed by atoms with van der Waals surface area (Å²) in [7, 11) is 0. The number of hydrogen-bond acceptors (Lipinski definition) is 1. The highest BCUT2D eigenvalue weighted by Crippen LogP contribution is 2.57. The lowest BCUT2D eigenvalue weighted by Gasteiger charge is -2.28. The third-order valence-electron chi connectivity index (χ3n) is 6.42. The van der Waals surface area contributed by atoms with Gasteiger partial charge in [-0.1, -0.05) is 200 Å². The Bertz CT molecular complexity index is 1380. The van der Waals surface area contributed by atoms with E-state index in [-0.39, 0.29) is 0 Å². The van der Waals surface area contributed by atoms with Crippen LogP contribution in [0.2, 0.25) is 0 Å². The second kappa shape index (κ2) is 27.0. The van der Waals surface area contributed by atoms with Crippen LogP contribution in [0.3, 0.4) is 0 Å². The molecule has 0 fully saturated rings. The highest BCUT2D eigenvalue weighted by molar-refractivity contribution is 5.95. The number of rotatable bonds is 4. The molecule has 1 nitrogen and oxygen atoms in total. The van der Waals surface area contributed by atoms with Crippen LogP contribution < -0.4 is 4.90 Å². The van der Waals surface area contributed by atoms with E-state index in [0.717, 1.165) is 28.2 Å². The minimum absolute atomic E-state index is 0.652. The Kier molecular flexibility index (Phi) is 25.8. The molecule has 1 aliphatic carbocycles. The summed E-state index contributed by atoms with van der Waals surface area (Å²) in [4.78, 5) is 2.21. The van der Waals surface area contributed by atoms with Crippen molar-refractivity contribution in [1.29, 1.82) is 0 Å². The van der Waals surface area contributed by atoms with Crippen LogP contribution in [0.25, 0.3) is 11.1 Å². The van der Waals surface area contributed by atoms with Gasteiger partial charge in [-0.25, -0.2) is 4.39 Å². The van der Waals surface area contributed by atoms with Gasteiger partial charge in [-0.15, -0.1) is 0 Å². The number of hydrogen-bond donors (Lipinski definition) is 0. The Hall–Kier alpha value is -4.17. The zero-order valence-electron chi connectivity index (χ0n) is 32.0. The van der Waals surface area contributed by atoms with Crippen molar-refractivity contribution in [2.45, 2.75) is 103 Å². The molecular formula is C45H64FN. The van der Waals surface area contributed by atoms with Crippen LogP contribution in [0.1, 0.15) is 114 Å². The summed E-state index contributed by atoms with van der Waals surface area (Å²) in [6, 6.07) is 43.9. The molecule has 6 rings (SSSR count). The van der Waals surface area contributed by atoms with E-state index in [4.69, 9.17) is 0 Å². The van der Waals surface area contributed by atoms with E-state index in [0.29, 0.717) is 16.7 Å². The van der Waals surface area contributed by atoms with Crippen molar-refractivity contribution >= 4 is 17.1 Å². The number of anilines is 3. The molecule has 0 saturated carbocycles. The van der Waals surface area contributed by atoms with Gasteiger partial charge < -0.3 is 4.90 Å². The van der Waals surface area contributed by atoms with Gasteiger partial charge in [-0.2, -0.15) is 0 Å². The summed E-state index contributed by atoms with van der Waals surface area (Å²) in [5.74, 6) is 0. The topological polar surface area (TPSA) is 3.24 Å². The van der Waals surface area contributed by atoms with E-state index < -0.39 is 5.67 Å². The summed E-state index contributed by atoms with van der Waals surface area (Å²) < 4.78 is 17.3. The summed E-state index contributed by atoms with van der Waals surface area (Å²) in [5, 5.41) is 0. The first-order chi connectivity index (χ1) is 23.3. The number of benzene rings is 5. The molecule has 256 valence electrons. The molecule has 0 heterocycles. The molecule has 5 aromatic carbocycles. The number of alkyl halides is 1. The zero-order chi connectivity index (χ0) is 36.3. The molecule has 0 aliphatic heterocycles. The fraction of sp³-hybridized carbons (Fsp3) is 0.333.